The van der Waals surface area contributed by atoms with Crippen LogP contribution in [0.15, 0.2) is 121 Å². The van der Waals surface area contributed by atoms with Gasteiger partial charge in [-0.15, -0.1) is 0 Å². The van der Waals surface area contributed by atoms with E-state index >= 15 is 0 Å². The van der Waals surface area contributed by atoms with Crippen LogP contribution in [-0.2, 0) is 0 Å². The summed E-state index contributed by atoms with van der Waals surface area (Å²) in [7, 11) is 0. The van der Waals surface area contributed by atoms with Crippen LogP contribution in [0.5, 0.6) is 0 Å². The highest BCUT2D eigenvalue weighted by Crippen LogP contribution is 2.45. The van der Waals surface area contributed by atoms with Gasteiger partial charge in [0.2, 0.25) is 0 Å². The Morgan fingerprint density at radius 3 is 2.05 bits per heavy atom. The zero-order chi connectivity index (χ0) is 25.9. The first-order valence-electron chi connectivity index (χ1n) is 13.6. The van der Waals surface area contributed by atoms with Crippen molar-refractivity contribution in [1.82, 2.24) is 18.9 Å². The van der Waals surface area contributed by atoms with E-state index in [0.717, 1.165) is 38.8 Å². The second kappa shape index (κ2) is 7.13. The summed E-state index contributed by atoms with van der Waals surface area (Å²) >= 11 is 0. The lowest BCUT2D eigenvalue weighted by atomic mass is 10.0. The van der Waals surface area contributed by atoms with E-state index in [4.69, 9.17) is 9.97 Å². The maximum absolute atomic E-state index is 5.16. The van der Waals surface area contributed by atoms with E-state index in [9.17, 15) is 0 Å². The molecule has 6 aromatic carbocycles. The molecule has 4 nitrogen and oxygen atoms in total. The van der Waals surface area contributed by atoms with E-state index in [1.807, 2.05) is 24.3 Å². The summed E-state index contributed by atoms with van der Waals surface area (Å²) in [5.74, 6) is 0. The van der Waals surface area contributed by atoms with Gasteiger partial charge in [0.1, 0.15) is 5.52 Å². The minimum atomic E-state index is 0.909. The average molecular weight is 509 g/mol. The topological polar surface area (TPSA) is 35.1 Å². The molecule has 0 saturated carbocycles. The van der Waals surface area contributed by atoms with Gasteiger partial charge in [0.15, 0.2) is 5.65 Å². The second-order valence-electron chi connectivity index (χ2n) is 10.6. The monoisotopic (exact) mass is 508 g/mol. The normalized spacial score (nSPS) is 12.5. The van der Waals surface area contributed by atoms with Gasteiger partial charge in [0.05, 0.1) is 33.1 Å². The van der Waals surface area contributed by atoms with E-state index in [1.165, 1.54) is 48.9 Å². The summed E-state index contributed by atoms with van der Waals surface area (Å²) in [5, 5.41) is 8.70. The molecule has 184 valence electrons. The Labute approximate surface area is 227 Å². The molecular weight excluding hydrogens is 488 g/mol. The number of fused-ring (bicyclic) bond motifs is 13. The smallest absolute Gasteiger partial charge is 0.165 e. The average Bonchev–Trinajstić information content (AvgIpc) is 3.65. The first-order valence-corrected chi connectivity index (χ1v) is 13.6. The Hall–Kier alpha value is -5.48. The second-order valence-corrected chi connectivity index (χ2v) is 10.6. The summed E-state index contributed by atoms with van der Waals surface area (Å²) in [4.78, 5) is 10.2. The maximum atomic E-state index is 5.16. The van der Waals surface area contributed by atoms with Crippen LogP contribution in [0, 0.1) is 0 Å². The maximum Gasteiger partial charge on any atom is 0.165 e. The largest absolute Gasteiger partial charge is 0.309 e. The van der Waals surface area contributed by atoms with Gasteiger partial charge in [-0.2, -0.15) is 0 Å². The van der Waals surface area contributed by atoms with Gasteiger partial charge in [0, 0.05) is 32.6 Å². The number of nitrogens with zero attached hydrogens (tertiary/aromatic N) is 4. The predicted molar refractivity (Wildman–Crippen MR) is 166 cm³/mol. The van der Waals surface area contributed by atoms with Crippen molar-refractivity contribution in [2.45, 2.75) is 0 Å². The Morgan fingerprint density at radius 2 is 1.15 bits per heavy atom. The van der Waals surface area contributed by atoms with Crippen molar-refractivity contribution in [1.29, 1.82) is 0 Å². The van der Waals surface area contributed by atoms with E-state index < -0.39 is 0 Å². The molecule has 10 aromatic rings. The van der Waals surface area contributed by atoms with Crippen LogP contribution >= 0.6 is 0 Å². The molecule has 0 saturated heterocycles. The molecular formula is C36H20N4. The highest BCUT2D eigenvalue weighted by Gasteiger charge is 2.24. The molecule has 0 atom stereocenters. The van der Waals surface area contributed by atoms with Gasteiger partial charge >= 0.3 is 0 Å². The van der Waals surface area contributed by atoms with Crippen LogP contribution in [0.4, 0.5) is 0 Å². The zero-order valence-electron chi connectivity index (χ0n) is 21.3. The van der Waals surface area contributed by atoms with Crippen LogP contribution < -0.4 is 0 Å². The highest BCUT2D eigenvalue weighted by molar-refractivity contribution is 6.32. The third kappa shape index (κ3) is 2.38. The van der Waals surface area contributed by atoms with Crippen molar-refractivity contribution in [3.8, 4) is 5.69 Å². The lowest BCUT2D eigenvalue weighted by Gasteiger charge is -2.09. The van der Waals surface area contributed by atoms with Crippen molar-refractivity contribution in [2.24, 2.45) is 0 Å². The van der Waals surface area contributed by atoms with Gasteiger partial charge in [0.25, 0.3) is 0 Å². The molecule has 0 aliphatic carbocycles. The first kappa shape index (κ1) is 20.5. The van der Waals surface area contributed by atoms with E-state index in [0.29, 0.717) is 0 Å². The molecule has 0 unspecified atom stereocenters. The molecule has 0 radical (unpaired) electrons. The molecule has 0 aliphatic heterocycles. The molecule has 10 rings (SSSR count). The zero-order valence-corrected chi connectivity index (χ0v) is 21.3. The SMILES string of the molecule is c1ccc(-n2c3ccc4ccccc4c3c3ccc4c(c5cccc6c7nc8ccccc8nc7n4c65)c32)cc1. The van der Waals surface area contributed by atoms with Gasteiger partial charge < -0.3 is 4.57 Å². The molecule has 0 aliphatic rings. The van der Waals surface area contributed by atoms with E-state index in [-0.39, 0.29) is 0 Å². The Kier molecular flexibility index (Phi) is 3.65. The third-order valence-electron chi connectivity index (χ3n) is 8.60. The molecule has 0 spiro atoms. The fourth-order valence-electron chi connectivity index (χ4n) is 7.01. The number of hydrogen-bond donors (Lipinski definition) is 0. The molecule has 0 bridgehead atoms. The van der Waals surface area contributed by atoms with Crippen molar-refractivity contribution >= 4 is 82.0 Å². The lowest BCUT2D eigenvalue weighted by Crippen LogP contribution is -1.94. The van der Waals surface area contributed by atoms with Crippen molar-refractivity contribution in [2.75, 3.05) is 0 Å². The van der Waals surface area contributed by atoms with Crippen LogP contribution in [0.1, 0.15) is 0 Å². The van der Waals surface area contributed by atoms with Crippen molar-refractivity contribution in [3.05, 3.63) is 121 Å². The highest BCUT2D eigenvalue weighted by atomic mass is 15.0. The summed E-state index contributed by atoms with van der Waals surface area (Å²) in [6.45, 7) is 0. The quantitative estimate of drug-likeness (QED) is 0.222. The molecule has 4 heterocycles. The third-order valence-corrected chi connectivity index (χ3v) is 8.60. The fourth-order valence-corrected chi connectivity index (χ4v) is 7.01. The van der Waals surface area contributed by atoms with Gasteiger partial charge in [-0.3, -0.25) is 4.40 Å². The van der Waals surface area contributed by atoms with Gasteiger partial charge in [-0.1, -0.05) is 84.9 Å². The summed E-state index contributed by atoms with van der Waals surface area (Å²) < 4.78 is 4.78. The molecule has 0 amide bonds. The Bertz CT molecular complexity index is 2640. The molecule has 0 fully saturated rings. The number of benzene rings is 6. The number of para-hydroxylation sites is 4. The van der Waals surface area contributed by atoms with Gasteiger partial charge in [-0.05, 0) is 47.2 Å². The van der Waals surface area contributed by atoms with Crippen molar-refractivity contribution < 1.29 is 0 Å². The summed E-state index contributed by atoms with van der Waals surface area (Å²) in [5.41, 5.74) is 9.64. The first-order chi connectivity index (χ1) is 19.9. The lowest BCUT2D eigenvalue weighted by molar-refractivity contribution is 1.19. The standard InChI is InChI=1S/C36H20N4/c1-2-10-22(11-3-1)39-29-19-17-21-9-4-5-12-23(21)31(29)25-18-20-30-32(35(25)39)24-13-8-14-26-33-36(40(30)34(24)26)38-28-16-7-6-15-27(28)37-33/h1-20H. The molecule has 4 heteroatoms. The van der Waals surface area contributed by atoms with Crippen LogP contribution in [-0.4, -0.2) is 18.9 Å². The minimum absolute atomic E-state index is 0.909. The minimum Gasteiger partial charge on any atom is -0.309 e. The number of rotatable bonds is 1. The Balaban J connectivity index is 1.51. The molecule has 4 aromatic heterocycles. The predicted octanol–water partition coefficient (Wildman–Crippen LogP) is 9.03. The van der Waals surface area contributed by atoms with Crippen LogP contribution in [0.25, 0.3) is 87.7 Å². The van der Waals surface area contributed by atoms with E-state index in [1.54, 1.807) is 0 Å². The van der Waals surface area contributed by atoms with Crippen LogP contribution in [0.2, 0.25) is 0 Å². The number of aromatic nitrogens is 4. The van der Waals surface area contributed by atoms with Gasteiger partial charge in [-0.25, -0.2) is 9.97 Å². The van der Waals surface area contributed by atoms with Crippen LogP contribution in [0.3, 0.4) is 0 Å². The fraction of sp³-hybridized carbons (Fsp3) is 0. The number of hydrogen-bond acceptors (Lipinski definition) is 2. The molecule has 40 heavy (non-hydrogen) atoms. The van der Waals surface area contributed by atoms with E-state index in [2.05, 4.69) is 106 Å². The Morgan fingerprint density at radius 1 is 0.450 bits per heavy atom. The molecule has 0 N–H and O–H groups in total. The summed E-state index contributed by atoms with van der Waals surface area (Å²) in [6, 6.07) is 43.3. The van der Waals surface area contributed by atoms with Crippen molar-refractivity contribution in [3.63, 3.8) is 0 Å². The summed E-state index contributed by atoms with van der Waals surface area (Å²) in [6.07, 6.45) is 0.